The zero-order valence-electron chi connectivity index (χ0n) is 12.7. The zero-order chi connectivity index (χ0) is 13.1. The van der Waals surface area contributed by atoms with Gasteiger partial charge < -0.3 is 10.2 Å². The van der Waals surface area contributed by atoms with Crippen LogP contribution in [0.25, 0.3) is 0 Å². The SMILES string of the molecule is CCCN(CC1CCNCC1)CC1CC2CCC1C2. The highest BCUT2D eigenvalue weighted by Crippen LogP contribution is 2.48. The minimum absolute atomic E-state index is 0.964. The monoisotopic (exact) mass is 264 g/mol. The van der Waals surface area contributed by atoms with E-state index in [2.05, 4.69) is 17.1 Å². The van der Waals surface area contributed by atoms with Crippen LogP contribution in [0, 0.1) is 23.7 Å². The Bertz CT molecular complexity index is 272. The summed E-state index contributed by atoms with van der Waals surface area (Å²) in [4.78, 5) is 2.82. The molecule has 2 bridgehead atoms. The van der Waals surface area contributed by atoms with Gasteiger partial charge in [0.2, 0.25) is 0 Å². The number of nitrogens with one attached hydrogen (secondary N) is 1. The van der Waals surface area contributed by atoms with E-state index in [9.17, 15) is 0 Å². The van der Waals surface area contributed by atoms with E-state index >= 15 is 0 Å². The van der Waals surface area contributed by atoms with Gasteiger partial charge in [-0.25, -0.2) is 0 Å². The van der Waals surface area contributed by atoms with Gasteiger partial charge in [-0.1, -0.05) is 13.3 Å². The van der Waals surface area contributed by atoms with Crippen molar-refractivity contribution in [2.24, 2.45) is 23.7 Å². The molecule has 0 spiro atoms. The van der Waals surface area contributed by atoms with E-state index < -0.39 is 0 Å². The van der Waals surface area contributed by atoms with Crippen molar-refractivity contribution in [2.45, 2.75) is 51.9 Å². The minimum atomic E-state index is 0.964. The molecule has 0 aromatic heterocycles. The lowest BCUT2D eigenvalue weighted by molar-refractivity contribution is 0.155. The molecule has 1 aliphatic heterocycles. The van der Waals surface area contributed by atoms with E-state index in [4.69, 9.17) is 0 Å². The summed E-state index contributed by atoms with van der Waals surface area (Å²) in [6, 6.07) is 0. The zero-order valence-corrected chi connectivity index (χ0v) is 12.7. The molecule has 0 aromatic rings. The van der Waals surface area contributed by atoms with Crippen LogP contribution in [0.2, 0.25) is 0 Å². The molecule has 110 valence electrons. The van der Waals surface area contributed by atoms with Gasteiger partial charge in [0.05, 0.1) is 0 Å². The molecule has 2 heteroatoms. The quantitative estimate of drug-likeness (QED) is 0.793. The highest BCUT2D eigenvalue weighted by molar-refractivity contribution is 4.91. The molecule has 0 radical (unpaired) electrons. The normalized spacial score (nSPS) is 35.4. The Labute approximate surface area is 119 Å². The van der Waals surface area contributed by atoms with Gasteiger partial charge >= 0.3 is 0 Å². The molecule has 3 unspecified atom stereocenters. The molecule has 3 rings (SSSR count). The van der Waals surface area contributed by atoms with E-state index in [1.54, 1.807) is 25.7 Å². The van der Waals surface area contributed by atoms with Gasteiger partial charge in [-0.2, -0.15) is 0 Å². The summed E-state index contributed by atoms with van der Waals surface area (Å²) in [7, 11) is 0. The molecule has 1 heterocycles. The van der Waals surface area contributed by atoms with Crippen LogP contribution < -0.4 is 5.32 Å². The molecule has 19 heavy (non-hydrogen) atoms. The van der Waals surface area contributed by atoms with Gasteiger partial charge in [-0.3, -0.25) is 0 Å². The molecule has 1 N–H and O–H groups in total. The highest BCUT2D eigenvalue weighted by Gasteiger charge is 2.39. The Morgan fingerprint density at radius 3 is 2.47 bits per heavy atom. The van der Waals surface area contributed by atoms with E-state index in [0.29, 0.717) is 0 Å². The molecule has 3 fully saturated rings. The second-order valence-electron chi connectivity index (χ2n) is 7.39. The van der Waals surface area contributed by atoms with Gasteiger partial charge in [0.1, 0.15) is 0 Å². The molecular weight excluding hydrogens is 232 g/mol. The lowest BCUT2D eigenvalue weighted by Crippen LogP contribution is -2.39. The fourth-order valence-electron chi connectivity index (χ4n) is 4.93. The maximum absolute atomic E-state index is 3.50. The van der Waals surface area contributed by atoms with Crippen LogP contribution in [0.15, 0.2) is 0 Å². The predicted octanol–water partition coefficient (Wildman–Crippen LogP) is 3.13. The summed E-state index contributed by atoms with van der Waals surface area (Å²) in [5.41, 5.74) is 0. The lowest BCUT2D eigenvalue weighted by Gasteiger charge is -2.33. The smallest absolute Gasteiger partial charge is 0.00125 e. The topological polar surface area (TPSA) is 15.3 Å². The molecule has 0 aromatic carbocycles. The summed E-state index contributed by atoms with van der Waals surface area (Å²) < 4.78 is 0. The first-order chi connectivity index (χ1) is 9.35. The van der Waals surface area contributed by atoms with Crippen LogP contribution in [-0.4, -0.2) is 37.6 Å². The molecular formula is C17H32N2. The number of fused-ring (bicyclic) bond motifs is 2. The van der Waals surface area contributed by atoms with Crippen molar-refractivity contribution in [3.8, 4) is 0 Å². The maximum atomic E-state index is 3.50. The van der Waals surface area contributed by atoms with Crippen molar-refractivity contribution in [2.75, 3.05) is 32.7 Å². The summed E-state index contributed by atoms with van der Waals surface area (Å²) in [6.45, 7) is 8.97. The largest absolute Gasteiger partial charge is 0.317 e. The predicted molar refractivity (Wildman–Crippen MR) is 81.3 cm³/mol. The van der Waals surface area contributed by atoms with Crippen LogP contribution in [-0.2, 0) is 0 Å². The lowest BCUT2D eigenvalue weighted by atomic mass is 9.88. The average molecular weight is 264 g/mol. The number of hydrogen-bond acceptors (Lipinski definition) is 2. The molecule has 3 atom stereocenters. The van der Waals surface area contributed by atoms with Crippen molar-refractivity contribution in [1.82, 2.24) is 10.2 Å². The second kappa shape index (κ2) is 6.58. The van der Waals surface area contributed by atoms with Crippen LogP contribution in [0.3, 0.4) is 0 Å². The second-order valence-corrected chi connectivity index (χ2v) is 7.39. The standard InChI is InChI=1S/C17H32N2/c1-2-9-19(12-14-5-7-18-8-6-14)13-17-11-15-3-4-16(17)10-15/h14-18H,2-13H2,1H3. The van der Waals surface area contributed by atoms with Gasteiger partial charge in [0.25, 0.3) is 0 Å². The van der Waals surface area contributed by atoms with E-state index in [1.807, 2.05) is 0 Å². The van der Waals surface area contributed by atoms with Gasteiger partial charge in [-0.15, -0.1) is 0 Å². The first-order valence-corrected chi connectivity index (χ1v) is 8.78. The Morgan fingerprint density at radius 2 is 1.84 bits per heavy atom. The minimum Gasteiger partial charge on any atom is -0.317 e. The number of rotatable bonds is 6. The number of nitrogens with zero attached hydrogens (tertiary/aromatic N) is 1. The Kier molecular flexibility index (Phi) is 4.81. The fraction of sp³-hybridized carbons (Fsp3) is 1.00. The molecule has 2 saturated carbocycles. The van der Waals surface area contributed by atoms with Gasteiger partial charge in [-0.05, 0) is 81.8 Å². The van der Waals surface area contributed by atoms with E-state index in [0.717, 1.165) is 23.7 Å². The van der Waals surface area contributed by atoms with Crippen LogP contribution in [0.4, 0.5) is 0 Å². The first kappa shape index (κ1) is 13.9. The Balaban J connectivity index is 1.49. The molecule has 2 nitrogen and oxygen atoms in total. The third-order valence-electron chi connectivity index (χ3n) is 5.89. The van der Waals surface area contributed by atoms with Crippen LogP contribution in [0.5, 0.6) is 0 Å². The molecule has 2 aliphatic carbocycles. The third kappa shape index (κ3) is 3.52. The highest BCUT2D eigenvalue weighted by atomic mass is 15.1. The third-order valence-corrected chi connectivity index (χ3v) is 5.89. The maximum Gasteiger partial charge on any atom is 0.00125 e. The molecule has 3 aliphatic rings. The Hall–Kier alpha value is -0.0800. The summed E-state index contributed by atoms with van der Waals surface area (Å²) in [5, 5.41) is 3.50. The van der Waals surface area contributed by atoms with Crippen LogP contribution >= 0.6 is 0 Å². The van der Waals surface area contributed by atoms with Crippen molar-refractivity contribution in [3.63, 3.8) is 0 Å². The van der Waals surface area contributed by atoms with Gasteiger partial charge in [0, 0.05) is 13.1 Å². The number of piperidine rings is 1. The van der Waals surface area contributed by atoms with Crippen LogP contribution in [0.1, 0.15) is 51.9 Å². The molecule has 1 saturated heterocycles. The number of hydrogen-bond donors (Lipinski definition) is 1. The Morgan fingerprint density at radius 1 is 1.00 bits per heavy atom. The summed E-state index contributed by atoms with van der Waals surface area (Å²) in [5.74, 6) is 4.22. The summed E-state index contributed by atoms with van der Waals surface area (Å²) >= 11 is 0. The fourth-order valence-corrected chi connectivity index (χ4v) is 4.93. The van der Waals surface area contributed by atoms with E-state index in [1.165, 1.54) is 52.0 Å². The average Bonchev–Trinajstić information content (AvgIpc) is 3.02. The van der Waals surface area contributed by atoms with Gasteiger partial charge in [0.15, 0.2) is 0 Å². The van der Waals surface area contributed by atoms with Crippen molar-refractivity contribution in [1.29, 1.82) is 0 Å². The van der Waals surface area contributed by atoms with Crippen molar-refractivity contribution < 1.29 is 0 Å². The first-order valence-electron chi connectivity index (χ1n) is 8.78. The van der Waals surface area contributed by atoms with Crippen molar-refractivity contribution >= 4 is 0 Å². The van der Waals surface area contributed by atoms with Crippen molar-refractivity contribution in [3.05, 3.63) is 0 Å². The molecule has 0 amide bonds. The van der Waals surface area contributed by atoms with E-state index in [-0.39, 0.29) is 0 Å². The summed E-state index contributed by atoms with van der Waals surface area (Å²) in [6.07, 6.45) is 10.3.